The molecule has 0 aromatic heterocycles. The molecule has 1 fully saturated rings. The van der Waals surface area contributed by atoms with Crippen LogP contribution in [0.5, 0.6) is 11.5 Å². The number of hydrogen-bond acceptors (Lipinski definition) is 6. The van der Waals surface area contributed by atoms with E-state index in [4.69, 9.17) is 9.47 Å². The standard InChI is InChI=1S/C32H50N2O5/c1-5-6-9-12-26(35)17-15-24-16-18-29(33-37)27(24)13-10-7-8-11-14-32(36)34-20-19-25-21-30(38-3)31(39-4)22-28(25)23(34)2/h15,17,21-24,26-27,35,37H,5-14,16,18-20H2,1-4H3/b17-15?,33-29+/t23-,24-,26-,27+/m0/s1. The molecule has 1 amide bonds. The van der Waals surface area contributed by atoms with Crippen molar-refractivity contribution in [1.82, 2.24) is 4.90 Å². The highest BCUT2D eigenvalue weighted by atomic mass is 16.5. The Morgan fingerprint density at radius 1 is 1.10 bits per heavy atom. The number of ether oxygens (including phenoxy) is 2. The van der Waals surface area contributed by atoms with E-state index in [0.717, 1.165) is 101 Å². The number of carbonyl (C=O) groups excluding carboxylic acids is 1. The molecule has 1 aromatic rings. The van der Waals surface area contributed by atoms with Crippen LogP contribution in [0, 0.1) is 11.8 Å². The van der Waals surface area contributed by atoms with Gasteiger partial charge in [0, 0.05) is 18.9 Å². The summed E-state index contributed by atoms with van der Waals surface area (Å²) < 4.78 is 10.9. The lowest BCUT2D eigenvalue weighted by Gasteiger charge is -2.36. The molecule has 1 heterocycles. The number of hydrogen-bond donors (Lipinski definition) is 2. The predicted octanol–water partition coefficient (Wildman–Crippen LogP) is 6.84. The number of carbonyl (C=O) groups is 1. The molecule has 2 N–H and O–H groups in total. The molecule has 7 nitrogen and oxygen atoms in total. The first-order chi connectivity index (χ1) is 18.9. The van der Waals surface area contributed by atoms with Gasteiger partial charge in [0.1, 0.15) is 0 Å². The number of methoxy groups -OCH3 is 2. The van der Waals surface area contributed by atoms with Gasteiger partial charge in [-0.2, -0.15) is 0 Å². The predicted molar refractivity (Wildman–Crippen MR) is 156 cm³/mol. The van der Waals surface area contributed by atoms with E-state index in [-0.39, 0.29) is 24.0 Å². The Hall–Kier alpha value is -2.54. The van der Waals surface area contributed by atoms with Crippen LogP contribution in [0.3, 0.4) is 0 Å². The number of benzene rings is 1. The lowest BCUT2D eigenvalue weighted by Crippen LogP contribution is -2.38. The van der Waals surface area contributed by atoms with E-state index in [9.17, 15) is 15.1 Å². The first kappa shape index (κ1) is 31.0. The maximum Gasteiger partial charge on any atom is 0.223 e. The van der Waals surface area contributed by atoms with Crippen molar-refractivity contribution in [3.63, 3.8) is 0 Å². The second kappa shape index (κ2) is 15.9. The third kappa shape index (κ3) is 8.47. The highest BCUT2D eigenvalue weighted by molar-refractivity contribution is 5.88. The van der Waals surface area contributed by atoms with Crippen molar-refractivity contribution >= 4 is 11.6 Å². The molecule has 4 atom stereocenters. The molecule has 0 radical (unpaired) electrons. The van der Waals surface area contributed by atoms with Crippen LogP contribution >= 0.6 is 0 Å². The number of allylic oxidation sites excluding steroid dienone is 1. The van der Waals surface area contributed by atoms with Crippen molar-refractivity contribution in [3.05, 3.63) is 35.4 Å². The van der Waals surface area contributed by atoms with Gasteiger partial charge in [-0.3, -0.25) is 4.79 Å². The summed E-state index contributed by atoms with van der Waals surface area (Å²) in [7, 11) is 3.29. The minimum Gasteiger partial charge on any atom is -0.493 e. The van der Waals surface area contributed by atoms with Gasteiger partial charge < -0.3 is 24.7 Å². The van der Waals surface area contributed by atoms with Crippen molar-refractivity contribution in [2.24, 2.45) is 17.0 Å². The minimum atomic E-state index is -0.384. The summed E-state index contributed by atoms with van der Waals surface area (Å²) in [6.45, 7) is 5.00. The normalized spacial score (nSPS) is 22.8. The van der Waals surface area contributed by atoms with Gasteiger partial charge in [-0.1, -0.05) is 62.8 Å². The summed E-state index contributed by atoms with van der Waals surface area (Å²) in [5, 5.41) is 23.4. The van der Waals surface area contributed by atoms with Crippen molar-refractivity contribution in [1.29, 1.82) is 0 Å². The molecule has 0 bridgehead atoms. The average Bonchev–Trinajstić information content (AvgIpc) is 3.34. The summed E-state index contributed by atoms with van der Waals surface area (Å²) >= 11 is 0. The maximum atomic E-state index is 13.1. The molecule has 0 spiro atoms. The Labute approximate surface area is 235 Å². The number of amides is 1. The van der Waals surface area contributed by atoms with Gasteiger partial charge in [-0.05, 0) is 74.6 Å². The highest BCUT2D eigenvalue weighted by Crippen LogP contribution is 2.38. The van der Waals surface area contributed by atoms with Crippen molar-refractivity contribution in [2.45, 2.75) is 109 Å². The third-order valence-corrected chi connectivity index (χ3v) is 8.65. The zero-order valence-electron chi connectivity index (χ0n) is 24.5. The van der Waals surface area contributed by atoms with E-state index in [1.54, 1.807) is 14.2 Å². The SMILES string of the molecule is CCCCC[C@H](O)C=C[C@H]1CC/C(=N\O)[C@@H]1CCCCCCC(=O)N1CCc2cc(OC)c(OC)cc2[C@@H]1C. The smallest absolute Gasteiger partial charge is 0.223 e. The Kier molecular flexibility index (Phi) is 12.6. The van der Waals surface area contributed by atoms with Gasteiger partial charge in [0.2, 0.25) is 5.91 Å². The van der Waals surface area contributed by atoms with Crippen LogP contribution in [0.2, 0.25) is 0 Å². The van der Waals surface area contributed by atoms with Crippen LogP contribution in [-0.2, 0) is 11.2 Å². The van der Waals surface area contributed by atoms with E-state index in [1.807, 2.05) is 23.1 Å². The van der Waals surface area contributed by atoms with Crippen LogP contribution in [0.1, 0.15) is 108 Å². The molecule has 218 valence electrons. The molecule has 1 saturated carbocycles. The van der Waals surface area contributed by atoms with Crippen LogP contribution in [0.25, 0.3) is 0 Å². The van der Waals surface area contributed by atoms with Crippen LogP contribution in [0.4, 0.5) is 0 Å². The Morgan fingerprint density at radius 3 is 2.56 bits per heavy atom. The molecule has 39 heavy (non-hydrogen) atoms. The molecule has 1 aromatic carbocycles. The number of oxime groups is 1. The Bertz CT molecular complexity index is 976. The van der Waals surface area contributed by atoms with E-state index >= 15 is 0 Å². The van der Waals surface area contributed by atoms with Crippen molar-refractivity contribution in [2.75, 3.05) is 20.8 Å². The second-order valence-electron chi connectivity index (χ2n) is 11.2. The lowest BCUT2D eigenvalue weighted by atomic mass is 9.89. The van der Waals surface area contributed by atoms with Gasteiger partial charge in [-0.15, -0.1) is 0 Å². The number of aliphatic hydroxyl groups is 1. The Morgan fingerprint density at radius 2 is 1.85 bits per heavy atom. The molecule has 0 unspecified atom stereocenters. The molecule has 2 aliphatic rings. The van der Waals surface area contributed by atoms with E-state index in [1.165, 1.54) is 5.56 Å². The summed E-state index contributed by atoms with van der Waals surface area (Å²) in [5.74, 6) is 2.24. The van der Waals surface area contributed by atoms with Crippen molar-refractivity contribution < 1.29 is 24.6 Å². The lowest BCUT2D eigenvalue weighted by molar-refractivity contribution is -0.133. The van der Waals surface area contributed by atoms with Gasteiger partial charge in [0.05, 0.1) is 32.1 Å². The number of unbranched alkanes of at least 4 members (excludes halogenated alkanes) is 5. The second-order valence-corrected chi connectivity index (χ2v) is 11.2. The fourth-order valence-corrected chi connectivity index (χ4v) is 6.28. The minimum absolute atomic E-state index is 0.0229. The average molecular weight is 543 g/mol. The fourth-order valence-electron chi connectivity index (χ4n) is 6.28. The molecule has 1 aliphatic heterocycles. The molecule has 1 aliphatic carbocycles. The molecular formula is C32H50N2O5. The van der Waals surface area contributed by atoms with Crippen LogP contribution in [-0.4, -0.2) is 53.7 Å². The first-order valence-electron chi connectivity index (χ1n) is 15.0. The quantitative estimate of drug-likeness (QED) is 0.110. The van der Waals surface area contributed by atoms with Gasteiger partial charge >= 0.3 is 0 Å². The summed E-state index contributed by atoms with van der Waals surface area (Å²) in [5.41, 5.74) is 3.26. The number of nitrogens with zero attached hydrogens (tertiary/aromatic N) is 2. The maximum absolute atomic E-state index is 13.1. The van der Waals surface area contributed by atoms with Gasteiger partial charge in [-0.25, -0.2) is 0 Å². The topological polar surface area (TPSA) is 91.6 Å². The number of fused-ring (bicyclic) bond motifs is 1. The number of aliphatic hydroxyl groups excluding tert-OH is 1. The molecule has 0 saturated heterocycles. The summed E-state index contributed by atoms with van der Waals surface area (Å²) in [4.78, 5) is 15.1. The monoisotopic (exact) mass is 542 g/mol. The zero-order chi connectivity index (χ0) is 28.2. The van der Waals surface area contributed by atoms with E-state index < -0.39 is 0 Å². The molecule has 7 heteroatoms. The van der Waals surface area contributed by atoms with Gasteiger partial charge in [0.25, 0.3) is 0 Å². The Balaban J connectivity index is 1.41. The first-order valence-corrected chi connectivity index (χ1v) is 15.0. The van der Waals surface area contributed by atoms with Gasteiger partial charge in [0.15, 0.2) is 11.5 Å². The third-order valence-electron chi connectivity index (χ3n) is 8.65. The van der Waals surface area contributed by atoms with Crippen LogP contribution in [0.15, 0.2) is 29.4 Å². The summed E-state index contributed by atoms with van der Waals surface area (Å²) in [6, 6.07) is 4.08. The summed E-state index contributed by atoms with van der Waals surface area (Å²) in [6.07, 6.45) is 16.1. The van der Waals surface area contributed by atoms with Crippen molar-refractivity contribution in [3.8, 4) is 11.5 Å². The van der Waals surface area contributed by atoms with E-state index in [2.05, 4.69) is 25.1 Å². The fraction of sp³-hybridized carbons (Fsp3) is 0.688. The molecular weight excluding hydrogens is 492 g/mol. The van der Waals surface area contributed by atoms with E-state index in [0.29, 0.717) is 18.1 Å². The zero-order valence-corrected chi connectivity index (χ0v) is 24.5. The number of rotatable bonds is 15. The highest BCUT2D eigenvalue weighted by Gasteiger charge is 2.32. The van der Waals surface area contributed by atoms with Crippen LogP contribution < -0.4 is 9.47 Å². The largest absolute Gasteiger partial charge is 0.493 e. The molecule has 3 rings (SSSR count).